The number of benzene rings is 3. The molecule has 0 saturated carbocycles. The fourth-order valence-electron chi connectivity index (χ4n) is 4.64. The van der Waals surface area contributed by atoms with Gasteiger partial charge in [0.2, 0.25) is 5.91 Å². The maximum atomic E-state index is 13.3. The second kappa shape index (κ2) is 11.1. The Kier molecular flexibility index (Phi) is 7.39. The molecule has 2 aliphatic rings. The van der Waals surface area contributed by atoms with Crippen molar-refractivity contribution in [2.45, 2.75) is 6.92 Å². The number of ether oxygens (including phenoxy) is 2. The molecule has 2 heterocycles. The molecule has 0 spiro atoms. The van der Waals surface area contributed by atoms with Crippen LogP contribution in [0.4, 0.5) is 22.7 Å². The van der Waals surface area contributed by atoms with E-state index in [1.54, 1.807) is 23.1 Å². The van der Waals surface area contributed by atoms with Gasteiger partial charge >= 0.3 is 0 Å². The number of amides is 2. The topological polar surface area (TPSA) is 126 Å². The van der Waals surface area contributed by atoms with E-state index in [9.17, 15) is 19.7 Å². The van der Waals surface area contributed by atoms with E-state index in [0.29, 0.717) is 71.6 Å². The summed E-state index contributed by atoms with van der Waals surface area (Å²) < 4.78 is 11.4. The third-order valence-corrected chi connectivity index (χ3v) is 6.64. The standard InChI is InChI=1S/C29H29N5O6/c1-18(35)33(13-12-32(2)3)21-7-5-20(6-8-21)30-28(19-4-11-25-26(16-19)40-15-14-39-25)27-23-10-9-22(34(37)38)17-24(23)31-29(27)36/h4-11,16-17,30H,12-15H2,1-3H3,(H,31,36). The van der Waals surface area contributed by atoms with Gasteiger partial charge in [0.05, 0.1) is 21.9 Å². The van der Waals surface area contributed by atoms with Crippen molar-refractivity contribution in [3.8, 4) is 11.5 Å². The lowest BCUT2D eigenvalue weighted by molar-refractivity contribution is -0.384. The largest absolute Gasteiger partial charge is 0.486 e. The molecule has 0 radical (unpaired) electrons. The number of likely N-dealkylation sites (N-methyl/N-ethyl adjacent to an activating group) is 1. The van der Waals surface area contributed by atoms with Gasteiger partial charge in [-0.3, -0.25) is 19.7 Å². The molecule has 40 heavy (non-hydrogen) atoms. The van der Waals surface area contributed by atoms with Gasteiger partial charge in [-0.25, -0.2) is 0 Å². The monoisotopic (exact) mass is 543 g/mol. The molecule has 3 aromatic carbocycles. The van der Waals surface area contributed by atoms with E-state index in [1.807, 2.05) is 49.3 Å². The highest BCUT2D eigenvalue weighted by atomic mass is 16.6. The molecule has 206 valence electrons. The average molecular weight is 544 g/mol. The van der Waals surface area contributed by atoms with Crippen LogP contribution in [0.5, 0.6) is 11.5 Å². The predicted octanol–water partition coefficient (Wildman–Crippen LogP) is 4.21. The maximum absolute atomic E-state index is 13.3. The van der Waals surface area contributed by atoms with Crippen molar-refractivity contribution in [1.82, 2.24) is 4.90 Å². The molecule has 0 bridgehead atoms. The van der Waals surface area contributed by atoms with Crippen LogP contribution in [0.2, 0.25) is 0 Å². The van der Waals surface area contributed by atoms with Crippen molar-refractivity contribution in [1.29, 1.82) is 0 Å². The summed E-state index contributed by atoms with van der Waals surface area (Å²) in [6.07, 6.45) is 0. The number of nitrogens with one attached hydrogen (secondary N) is 2. The number of carbonyl (C=O) groups excluding carboxylic acids is 2. The molecule has 0 aromatic heterocycles. The molecule has 2 amide bonds. The van der Waals surface area contributed by atoms with Crippen LogP contribution in [-0.4, -0.2) is 62.0 Å². The lowest BCUT2D eigenvalue weighted by Gasteiger charge is -2.24. The van der Waals surface area contributed by atoms with Crippen LogP contribution in [0.15, 0.2) is 60.7 Å². The van der Waals surface area contributed by atoms with E-state index in [2.05, 4.69) is 10.6 Å². The van der Waals surface area contributed by atoms with E-state index < -0.39 is 10.8 Å². The third-order valence-electron chi connectivity index (χ3n) is 6.64. The lowest BCUT2D eigenvalue weighted by Crippen LogP contribution is -2.35. The van der Waals surface area contributed by atoms with E-state index in [1.165, 1.54) is 19.1 Å². The van der Waals surface area contributed by atoms with Crippen molar-refractivity contribution in [3.63, 3.8) is 0 Å². The SMILES string of the molecule is CC(=O)N(CCN(C)C)c1ccc(NC(=C2C(=O)Nc3cc([N+](=O)[O-])ccc32)c2ccc3c(c2)OCCO3)cc1. The molecule has 3 aromatic rings. The lowest BCUT2D eigenvalue weighted by atomic mass is 9.99. The van der Waals surface area contributed by atoms with Gasteiger partial charge in [0.25, 0.3) is 11.6 Å². The van der Waals surface area contributed by atoms with Crippen LogP contribution >= 0.6 is 0 Å². The van der Waals surface area contributed by atoms with Gasteiger partial charge < -0.3 is 29.9 Å². The fourth-order valence-corrected chi connectivity index (χ4v) is 4.64. The Morgan fingerprint density at radius 3 is 2.40 bits per heavy atom. The quantitative estimate of drug-likeness (QED) is 0.246. The van der Waals surface area contributed by atoms with Gasteiger partial charge in [-0.2, -0.15) is 0 Å². The van der Waals surface area contributed by atoms with Crippen molar-refractivity contribution in [2.24, 2.45) is 0 Å². The maximum Gasteiger partial charge on any atom is 0.271 e. The molecule has 0 unspecified atom stereocenters. The number of rotatable bonds is 8. The minimum atomic E-state index is -0.501. The molecule has 0 saturated heterocycles. The van der Waals surface area contributed by atoms with Gasteiger partial charge in [0.15, 0.2) is 11.5 Å². The van der Waals surface area contributed by atoms with Crippen molar-refractivity contribution >= 4 is 45.8 Å². The van der Waals surface area contributed by atoms with E-state index in [0.717, 1.165) is 5.69 Å². The Balaban J connectivity index is 1.56. The molecule has 11 heteroatoms. The summed E-state index contributed by atoms with van der Waals surface area (Å²) in [5, 5.41) is 17.4. The van der Waals surface area contributed by atoms with Gasteiger partial charge in [0.1, 0.15) is 13.2 Å². The summed E-state index contributed by atoms with van der Waals surface area (Å²) in [5.74, 6) is 0.711. The normalized spacial score (nSPS) is 14.8. The molecule has 0 fully saturated rings. The van der Waals surface area contributed by atoms with Gasteiger partial charge in [-0.1, -0.05) is 0 Å². The molecule has 11 nitrogen and oxygen atoms in total. The van der Waals surface area contributed by atoms with Crippen LogP contribution < -0.4 is 25.0 Å². The van der Waals surface area contributed by atoms with Crippen molar-refractivity contribution in [2.75, 3.05) is 55.9 Å². The van der Waals surface area contributed by atoms with Crippen molar-refractivity contribution < 1.29 is 24.0 Å². The zero-order valence-corrected chi connectivity index (χ0v) is 22.4. The summed E-state index contributed by atoms with van der Waals surface area (Å²) in [4.78, 5) is 40.1. The Bertz CT molecular complexity index is 1520. The molecule has 0 atom stereocenters. The first kappa shape index (κ1) is 26.7. The second-order valence-corrected chi connectivity index (χ2v) is 9.70. The third kappa shape index (κ3) is 5.45. The smallest absolute Gasteiger partial charge is 0.271 e. The first-order valence-electron chi connectivity index (χ1n) is 12.8. The number of nitro groups is 1. The van der Waals surface area contributed by atoms with Gasteiger partial charge in [-0.15, -0.1) is 0 Å². The summed E-state index contributed by atoms with van der Waals surface area (Å²) in [7, 11) is 3.90. The number of hydrogen-bond acceptors (Lipinski definition) is 8. The zero-order valence-electron chi connectivity index (χ0n) is 22.4. The first-order chi connectivity index (χ1) is 19.2. The highest BCUT2D eigenvalue weighted by molar-refractivity contribution is 6.37. The summed E-state index contributed by atoms with van der Waals surface area (Å²) in [6.45, 7) is 3.65. The number of non-ortho nitro benzene ring substituents is 1. The summed E-state index contributed by atoms with van der Waals surface area (Å²) in [5.41, 5.74) is 3.71. The van der Waals surface area contributed by atoms with E-state index >= 15 is 0 Å². The number of fused-ring (bicyclic) bond motifs is 2. The highest BCUT2D eigenvalue weighted by Gasteiger charge is 2.30. The van der Waals surface area contributed by atoms with Crippen LogP contribution in [0.25, 0.3) is 11.3 Å². The number of nitro benzene ring substituents is 1. The van der Waals surface area contributed by atoms with E-state index in [4.69, 9.17) is 9.47 Å². The Morgan fingerprint density at radius 1 is 1.00 bits per heavy atom. The molecule has 2 N–H and O–H groups in total. The Morgan fingerprint density at radius 2 is 1.73 bits per heavy atom. The fraction of sp³-hybridized carbons (Fsp3) is 0.241. The summed E-state index contributed by atoms with van der Waals surface area (Å²) >= 11 is 0. The minimum Gasteiger partial charge on any atom is -0.486 e. The average Bonchev–Trinajstić information content (AvgIpc) is 3.26. The number of nitrogens with zero attached hydrogens (tertiary/aromatic N) is 3. The van der Waals surface area contributed by atoms with Gasteiger partial charge in [-0.05, 0) is 62.6 Å². The van der Waals surface area contributed by atoms with Gasteiger partial charge in [0, 0.05) is 54.6 Å². The van der Waals surface area contributed by atoms with Crippen LogP contribution in [0, 0.1) is 10.1 Å². The second-order valence-electron chi connectivity index (χ2n) is 9.70. The molecule has 5 rings (SSSR count). The minimum absolute atomic E-state index is 0.0602. The van der Waals surface area contributed by atoms with Crippen molar-refractivity contribution in [3.05, 3.63) is 81.9 Å². The predicted molar refractivity (Wildman–Crippen MR) is 153 cm³/mol. The Labute approximate surface area is 231 Å². The number of anilines is 3. The molecular formula is C29H29N5O6. The highest BCUT2D eigenvalue weighted by Crippen LogP contribution is 2.41. The van der Waals surface area contributed by atoms with Crippen LogP contribution in [0.3, 0.4) is 0 Å². The summed E-state index contributed by atoms with van der Waals surface area (Å²) in [6, 6.07) is 17.1. The molecule has 0 aliphatic carbocycles. The zero-order chi connectivity index (χ0) is 28.4. The van der Waals surface area contributed by atoms with Crippen LogP contribution in [0.1, 0.15) is 18.1 Å². The number of carbonyl (C=O) groups is 2. The van der Waals surface area contributed by atoms with Crippen LogP contribution in [-0.2, 0) is 9.59 Å². The van der Waals surface area contributed by atoms with E-state index in [-0.39, 0.29) is 11.6 Å². The Hall–Kier alpha value is -4.90. The number of hydrogen-bond donors (Lipinski definition) is 2. The molecule has 2 aliphatic heterocycles. The first-order valence-corrected chi connectivity index (χ1v) is 12.8. The molecular weight excluding hydrogens is 514 g/mol.